The van der Waals surface area contributed by atoms with Crippen molar-refractivity contribution in [3.63, 3.8) is 0 Å². The van der Waals surface area contributed by atoms with Gasteiger partial charge in [0.25, 0.3) is 6.02 Å². The number of fused-ring (bicyclic) bond motifs is 1. The minimum absolute atomic E-state index is 0.136. The second-order valence-electron chi connectivity index (χ2n) is 9.55. The molecule has 0 aliphatic carbocycles. The summed E-state index contributed by atoms with van der Waals surface area (Å²) >= 11 is 6.73. The molecule has 1 unspecified atom stereocenters. The number of aldehydes is 1. The zero-order chi connectivity index (χ0) is 28.4. The number of carbonyl (C=O) groups is 1. The Bertz CT molecular complexity index is 1270. The third kappa shape index (κ3) is 8.02. The topological polar surface area (TPSA) is 105 Å². The molecule has 2 heterocycles. The van der Waals surface area contributed by atoms with Crippen LogP contribution in [0.3, 0.4) is 0 Å². The first-order chi connectivity index (χ1) is 18.7. The summed E-state index contributed by atoms with van der Waals surface area (Å²) in [6.45, 7) is 6.69. The van der Waals surface area contributed by atoms with Crippen molar-refractivity contribution < 1.29 is 19.4 Å². The van der Waals surface area contributed by atoms with Gasteiger partial charge in [0.05, 0.1) is 25.0 Å². The predicted molar refractivity (Wildman–Crippen MR) is 158 cm³/mol. The lowest BCUT2D eigenvalue weighted by Gasteiger charge is -2.24. The molecule has 0 fully saturated rings. The quantitative estimate of drug-likeness (QED) is 0.270. The van der Waals surface area contributed by atoms with Crippen LogP contribution in [0.5, 0.6) is 11.5 Å². The summed E-state index contributed by atoms with van der Waals surface area (Å²) in [4.78, 5) is 17.6. The van der Waals surface area contributed by atoms with Crippen molar-refractivity contribution in [2.45, 2.75) is 45.3 Å². The average Bonchev–Trinajstić information content (AvgIpc) is 3.23. The molecular formula is C30H37ClN4O4. The van der Waals surface area contributed by atoms with Gasteiger partial charge in [-0.1, -0.05) is 29.8 Å². The van der Waals surface area contributed by atoms with Gasteiger partial charge in [-0.25, -0.2) is 4.99 Å². The van der Waals surface area contributed by atoms with Crippen molar-refractivity contribution in [1.29, 1.82) is 0 Å². The summed E-state index contributed by atoms with van der Waals surface area (Å²) in [6.07, 6.45) is 5.20. The minimum atomic E-state index is -0.553. The number of carbonyl (C=O) groups excluding carboxylic acids is 1. The van der Waals surface area contributed by atoms with Crippen LogP contribution in [0.2, 0.25) is 0 Å². The van der Waals surface area contributed by atoms with E-state index >= 15 is 0 Å². The summed E-state index contributed by atoms with van der Waals surface area (Å²) < 4.78 is 11.7. The van der Waals surface area contributed by atoms with Gasteiger partial charge >= 0.3 is 0 Å². The number of hydrogen-bond donors (Lipinski definition) is 3. The van der Waals surface area contributed by atoms with Crippen molar-refractivity contribution in [2.24, 2.45) is 9.98 Å². The van der Waals surface area contributed by atoms with Crippen LogP contribution in [0.4, 0.5) is 0 Å². The fourth-order valence-electron chi connectivity index (χ4n) is 4.06. The largest absolute Gasteiger partial charge is 0.493 e. The monoisotopic (exact) mass is 552 g/mol. The summed E-state index contributed by atoms with van der Waals surface area (Å²) in [5.41, 5.74) is 4.23. The van der Waals surface area contributed by atoms with Gasteiger partial charge in [0.1, 0.15) is 17.8 Å². The number of aliphatic imine (C=N–C) groups is 2. The molecule has 4 rings (SSSR count). The number of nitrogens with one attached hydrogen (secondary N) is 2. The fraction of sp³-hybridized carbons (Fsp3) is 0.367. The van der Waals surface area contributed by atoms with Crippen LogP contribution in [0.15, 0.2) is 69.3 Å². The van der Waals surface area contributed by atoms with Gasteiger partial charge in [-0.3, -0.25) is 4.99 Å². The Hall–Kier alpha value is -3.46. The minimum Gasteiger partial charge on any atom is -0.493 e. The molecule has 1 atom stereocenters. The van der Waals surface area contributed by atoms with Crippen molar-refractivity contribution in [1.82, 2.24) is 10.6 Å². The Morgan fingerprint density at radius 2 is 1.97 bits per heavy atom. The number of benzene rings is 2. The Morgan fingerprint density at radius 1 is 1.26 bits per heavy atom. The highest BCUT2D eigenvalue weighted by Gasteiger charge is 2.20. The SMILES string of the molecule is CC=O.CN=C(NC1=CC(Cl)=C(c2ccc3c(c2)C(O)CCCO3)CN=C1)Oc1ccc(C(C)(C)NC)cc1. The van der Waals surface area contributed by atoms with Crippen molar-refractivity contribution in [3.05, 3.63) is 76.0 Å². The number of halogens is 1. The molecule has 9 heteroatoms. The number of aliphatic hydroxyl groups is 1. The molecule has 0 amide bonds. The standard InChI is InChI=1S/C28H33ClN4O3.C2H4O/c1-28(2,31-4)19-8-10-21(11-9-19)36-27(30-3)33-20-15-24(29)23(17-32-16-20)18-7-12-26-22(14-18)25(34)6-5-13-35-26;1-2-3/h7-12,14-16,25,31,34H,5-6,13,17H2,1-4H3,(H,30,33);2H,1H3. The molecule has 0 spiro atoms. The van der Waals surface area contributed by atoms with Gasteiger partial charge in [-0.05, 0) is 87.7 Å². The maximum atomic E-state index is 10.5. The smallest absolute Gasteiger partial charge is 0.294 e. The van der Waals surface area contributed by atoms with E-state index in [4.69, 9.17) is 25.9 Å². The molecule has 2 aliphatic rings. The predicted octanol–water partition coefficient (Wildman–Crippen LogP) is 5.12. The van der Waals surface area contributed by atoms with Crippen molar-refractivity contribution in [2.75, 3.05) is 27.2 Å². The first-order valence-electron chi connectivity index (χ1n) is 12.9. The van der Waals surface area contributed by atoms with Gasteiger partial charge in [-0.15, -0.1) is 0 Å². The number of rotatable bonds is 5. The lowest BCUT2D eigenvalue weighted by atomic mass is 9.95. The van der Waals surface area contributed by atoms with Gasteiger partial charge in [-0.2, -0.15) is 0 Å². The first-order valence-corrected chi connectivity index (χ1v) is 13.3. The van der Waals surface area contributed by atoms with Gasteiger partial charge in [0.15, 0.2) is 0 Å². The van der Waals surface area contributed by atoms with Crippen molar-refractivity contribution in [3.8, 4) is 11.5 Å². The summed E-state index contributed by atoms with van der Waals surface area (Å²) in [5.74, 6) is 1.39. The van der Waals surface area contributed by atoms with E-state index in [0.29, 0.717) is 42.1 Å². The van der Waals surface area contributed by atoms with Crippen LogP contribution in [-0.2, 0) is 10.3 Å². The van der Waals surface area contributed by atoms with Crippen molar-refractivity contribution >= 4 is 35.7 Å². The zero-order valence-corrected chi connectivity index (χ0v) is 23.9. The van der Waals surface area contributed by atoms with Gasteiger partial charge in [0.2, 0.25) is 0 Å². The Kier molecular flexibility index (Phi) is 10.9. The highest BCUT2D eigenvalue weighted by Crippen LogP contribution is 2.35. The third-order valence-corrected chi connectivity index (χ3v) is 6.85. The second-order valence-corrected chi connectivity index (χ2v) is 9.95. The molecule has 3 N–H and O–H groups in total. The molecule has 0 radical (unpaired) electrons. The third-order valence-electron chi connectivity index (χ3n) is 6.52. The average molecular weight is 553 g/mol. The van der Waals surface area contributed by atoms with E-state index in [2.05, 4.69) is 34.5 Å². The van der Waals surface area contributed by atoms with Gasteiger partial charge < -0.3 is 30.0 Å². The van der Waals surface area contributed by atoms with Crippen LogP contribution in [0.25, 0.3) is 5.57 Å². The van der Waals surface area contributed by atoms with Crippen LogP contribution < -0.4 is 20.1 Å². The maximum absolute atomic E-state index is 10.5. The molecule has 0 saturated heterocycles. The van der Waals surface area contributed by atoms with E-state index in [0.717, 1.165) is 40.7 Å². The van der Waals surface area contributed by atoms with E-state index in [1.54, 1.807) is 19.3 Å². The maximum Gasteiger partial charge on any atom is 0.294 e. The zero-order valence-electron chi connectivity index (χ0n) is 23.1. The first kappa shape index (κ1) is 30.1. The number of aliphatic hydroxyl groups excluding tert-OH is 1. The second kappa shape index (κ2) is 14.1. The molecule has 0 aromatic heterocycles. The number of hydrogen-bond acceptors (Lipinski definition) is 7. The van der Waals surface area contributed by atoms with E-state index in [1.807, 2.05) is 49.5 Å². The molecule has 8 nitrogen and oxygen atoms in total. The molecular weight excluding hydrogens is 516 g/mol. The number of nitrogens with zero attached hydrogens (tertiary/aromatic N) is 2. The number of amidine groups is 1. The lowest BCUT2D eigenvalue weighted by molar-refractivity contribution is -0.106. The molecule has 2 aliphatic heterocycles. The molecule has 0 bridgehead atoms. The fourth-order valence-corrected chi connectivity index (χ4v) is 4.34. The Morgan fingerprint density at radius 3 is 2.64 bits per heavy atom. The van der Waals surface area contributed by atoms with Crippen LogP contribution in [0, 0.1) is 0 Å². The number of allylic oxidation sites excluding steroid dienone is 3. The summed E-state index contributed by atoms with van der Waals surface area (Å²) in [7, 11) is 3.59. The van der Waals surface area contributed by atoms with Crippen LogP contribution >= 0.6 is 11.6 Å². The molecule has 2 aromatic rings. The van der Waals surface area contributed by atoms with E-state index in [1.165, 1.54) is 6.92 Å². The van der Waals surface area contributed by atoms with E-state index in [-0.39, 0.29) is 5.54 Å². The molecule has 39 heavy (non-hydrogen) atoms. The molecule has 0 saturated carbocycles. The van der Waals surface area contributed by atoms with Crippen LogP contribution in [-0.4, -0.2) is 50.9 Å². The molecule has 208 valence electrons. The lowest BCUT2D eigenvalue weighted by Crippen LogP contribution is -2.33. The molecule has 2 aromatic carbocycles. The highest BCUT2D eigenvalue weighted by molar-refractivity contribution is 6.35. The highest BCUT2D eigenvalue weighted by atomic mass is 35.5. The number of ether oxygens (including phenoxy) is 2. The normalized spacial score (nSPS) is 17.5. The summed E-state index contributed by atoms with van der Waals surface area (Å²) in [5, 5.41) is 17.5. The van der Waals surface area contributed by atoms with E-state index in [9.17, 15) is 5.11 Å². The van der Waals surface area contributed by atoms with Crippen LogP contribution in [0.1, 0.15) is 56.4 Å². The van der Waals surface area contributed by atoms with Gasteiger partial charge in [0, 0.05) is 29.4 Å². The summed E-state index contributed by atoms with van der Waals surface area (Å²) in [6, 6.07) is 14.0. The van der Waals surface area contributed by atoms with E-state index < -0.39 is 6.10 Å². The Labute approximate surface area is 235 Å². The Balaban J connectivity index is 0.00000134.